The van der Waals surface area contributed by atoms with Crippen LogP contribution in [0.4, 0.5) is 0 Å². The van der Waals surface area contributed by atoms with Gasteiger partial charge in [0, 0.05) is 37.9 Å². The zero-order valence-electron chi connectivity index (χ0n) is 11.3. The molecule has 0 saturated carbocycles. The highest BCUT2D eigenvalue weighted by molar-refractivity contribution is 5.99. The van der Waals surface area contributed by atoms with Crippen molar-refractivity contribution >= 4 is 24.2 Å². The Bertz CT molecular complexity index is 441. The number of rotatable bonds is 8. The number of halogens is 1. The highest BCUT2D eigenvalue weighted by Gasteiger charge is 2.07. The molecular weight excluding hydrogens is 282 g/mol. The summed E-state index contributed by atoms with van der Waals surface area (Å²) >= 11 is 0. The summed E-state index contributed by atoms with van der Waals surface area (Å²) in [4.78, 5) is 22.8. The molecule has 7 heteroatoms. The predicted octanol–water partition coefficient (Wildman–Crippen LogP) is 0.173. The monoisotopic (exact) mass is 301 g/mol. The number of primary amides is 1. The van der Waals surface area contributed by atoms with Crippen LogP contribution < -0.4 is 16.4 Å². The Morgan fingerprint density at radius 3 is 2.55 bits per heavy atom. The molecule has 6 nitrogen and oxygen atoms in total. The van der Waals surface area contributed by atoms with E-state index in [9.17, 15) is 9.59 Å². The second-order valence-corrected chi connectivity index (χ2v) is 3.94. The fourth-order valence-electron chi connectivity index (χ4n) is 1.48. The molecule has 1 aromatic rings. The van der Waals surface area contributed by atoms with Crippen molar-refractivity contribution in [2.45, 2.75) is 0 Å². The van der Waals surface area contributed by atoms with Gasteiger partial charge in [-0.15, -0.1) is 12.4 Å². The van der Waals surface area contributed by atoms with Gasteiger partial charge in [-0.3, -0.25) is 9.59 Å². The van der Waals surface area contributed by atoms with Crippen LogP contribution in [0.2, 0.25) is 0 Å². The lowest BCUT2D eigenvalue weighted by Crippen LogP contribution is -2.33. The van der Waals surface area contributed by atoms with Gasteiger partial charge in [0.25, 0.3) is 5.91 Å². The van der Waals surface area contributed by atoms with Gasteiger partial charge in [0.15, 0.2) is 0 Å². The van der Waals surface area contributed by atoms with E-state index in [0.29, 0.717) is 30.8 Å². The van der Waals surface area contributed by atoms with E-state index in [2.05, 4.69) is 10.6 Å². The molecule has 0 saturated heterocycles. The molecule has 0 aliphatic rings. The van der Waals surface area contributed by atoms with Crippen molar-refractivity contribution in [2.75, 3.05) is 33.4 Å². The van der Waals surface area contributed by atoms with Crippen molar-refractivity contribution in [3.63, 3.8) is 0 Å². The molecule has 0 heterocycles. The first-order chi connectivity index (χ1) is 9.15. The quantitative estimate of drug-likeness (QED) is 0.597. The Labute approximate surface area is 124 Å². The first kappa shape index (κ1) is 18.4. The summed E-state index contributed by atoms with van der Waals surface area (Å²) in [5, 5.41) is 5.86. The lowest BCUT2D eigenvalue weighted by atomic mass is 10.1. The molecule has 112 valence electrons. The molecule has 0 radical (unpaired) electrons. The van der Waals surface area contributed by atoms with Gasteiger partial charge in [-0.25, -0.2) is 0 Å². The number of hydrogen-bond acceptors (Lipinski definition) is 4. The van der Waals surface area contributed by atoms with Crippen LogP contribution in [0.1, 0.15) is 20.7 Å². The second kappa shape index (κ2) is 10.2. The van der Waals surface area contributed by atoms with Crippen LogP contribution in [0.5, 0.6) is 0 Å². The number of methoxy groups -OCH3 is 1. The molecule has 20 heavy (non-hydrogen) atoms. The molecule has 0 aliphatic carbocycles. The second-order valence-electron chi connectivity index (χ2n) is 3.94. The summed E-state index contributed by atoms with van der Waals surface area (Å²) in [6.07, 6.45) is 0. The van der Waals surface area contributed by atoms with Gasteiger partial charge in [-0.2, -0.15) is 0 Å². The molecule has 1 aromatic carbocycles. The van der Waals surface area contributed by atoms with E-state index in [1.165, 1.54) is 6.07 Å². The number of carbonyl (C=O) groups is 2. The zero-order chi connectivity index (χ0) is 14.1. The number of ether oxygens (including phenoxy) is 1. The maximum Gasteiger partial charge on any atom is 0.251 e. The Morgan fingerprint density at radius 1 is 1.20 bits per heavy atom. The van der Waals surface area contributed by atoms with Gasteiger partial charge in [-0.05, 0) is 18.2 Å². The average molecular weight is 302 g/mol. The lowest BCUT2D eigenvalue weighted by molar-refractivity contribution is 0.0953. The Hall–Kier alpha value is -1.63. The summed E-state index contributed by atoms with van der Waals surface area (Å²) in [5.74, 6) is -0.771. The molecular formula is C13H20ClN3O3. The van der Waals surface area contributed by atoms with Gasteiger partial charge >= 0.3 is 0 Å². The minimum absolute atomic E-state index is 0. The third kappa shape index (κ3) is 6.51. The minimum atomic E-state index is -0.545. The van der Waals surface area contributed by atoms with Crippen LogP contribution in [0.3, 0.4) is 0 Å². The Morgan fingerprint density at radius 2 is 1.90 bits per heavy atom. The van der Waals surface area contributed by atoms with Crippen molar-refractivity contribution in [2.24, 2.45) is 5.73 Å². The smallest absolute Gasteiger partial charge is 0.251 e. The summed E-state index contributed by atoms with van der Waals surface area (Å²) < 4.78 is 4.88. The van der Waals surface area contributed by atoms with E-state index in [0.717, 1.165) is 6.54 Å². The van der Waals surface area contributed by atoms with Crippen molar-refractivity contribution < 1.29 is 14.3 Å². The largest absolute Gasteiger partial charge is 0.383 e. The molecule has 1 rings (SSSR count). The van der Waals surface area contributed by atoms with Gasteiger partial charge in [0.05, 0.1) is 6.61 Å². The molecule has 2 amide bonds. The molecule has 0 aromatic heterocycles. The predicted molar refractivity (Wildman–Crippen MR) is 79.3 cm³/mol. The fourth-order valence-corrected chi connectivity index (χ4v) is 1.48. The minimum Gasteiger partial charge on any atom is -0.383 e. The van der Waals surface area contributed by atoms with Crippen molar-refractivity contribution in [1.29, 1.82) is 0 Å². The summed E-state index contributed by atoms with van der Waals surface area (Å²) in [5.41, 5.74) is 5.91. The third-order valence-electron chi connectivity index (χ3n) is 2.48. The van der Waals surface area contributed by atoms with Crippen LogP contribution in [0.25, 0.3) is 0 Å². The standard InChI is InChI=1S/C13H19N3O3.ClH/c1-19-8-7-15-5-6-16-13(18)11-4-2-3-10(9-11)12(14)17;/h2-4,9,15H,5-8H2,1H3,(H2,14,17)(H,16,18);1H. The number of carbonyl (C=O) groups excluding carboxylic acids is 2. The molecule has 0 spiro atoms. The highest BCUT2D eigenvalue weighted by atomic mass is 35.5. The van der Waals surface area contributed by atoms with Gasteiger partial charge in [-0.1, -0.05) is 6.07 Å². The maximum atomic E-state index is 11.8. The fraction of sp³-hybridized carbons (Fsp3) is 0.385. The van der Waals surface area contributed by atoms with E-state index >= 15 is 0 Å². The van der Waals surface area contributed by atoms with E-state index in [4.69, 9.17) is 10.5 Å². The van der Waals surface area contributed by atoms with E-state index < -0.39 is 5.91 Å². The van der Waals surface area contributed by atoms with Gasteiger partial charge in [0.1, 0.15) is 0 Å². The van der Waals surface area contributed by atoms with Crippen LogP contribution in [-0.2, 0) is 4.74 Å². The molecule has 0 atom stereocenters. The third-order valence-corrected chi connectivity index (χ3v) is 2.48. The SMILES string of the molecule is COCCNCCNC(=O)c1cccc(C(N)=O)c1.Cl. The van der Waals surface area contributed by atoms with Gasteiger partial charge < -0.3 is 21.1 Å². The zero-order valence-corrected chi connectivity index (χ0v) is 12.2. The number of nitrogens with one attached hydrogen (secondary N) is 2. The van der Waals surface area contributed by atoms with Crippen LogP contribution in [0, 0.1) is 0 Å². The number of hydrogen-bond donors (Lipinski definition) is 3. The first-order valence-electron chi connectivity index (χ1n) is 6.03. The van der Waals surface area contributed by atoms with Crippen molar-refractivity contribution in [3.8, 4) is 0 Å². The molecule has 0 fully saturated rings. The van der Waals surface area contributed by atoms with E-state index in [1.54, 1.807) is 25.3 Å². The highest BCUT2D eigenvalue weighted by Crippen LogP contribution is 2.04. The molecule has 0 bridgehead atoms. The van der Waals surface area contributed by atoms with Crippen molar-refractivity contribution in [1.82, 2.24) is 10.6 Å². The topological polar surface area (TPSA) is 93.4 Å². The van der Waals surface area contributed by atoms with Crippen LogP contribution in [0.15, 0.2) is 24.3 Å². The molecule has 0 aliphatic heterocycles. The van der Waals surface area contributed by atoms with Gasteiger partial charge in [0.2, 0.25) is 5.91 Å². The first-order valence-corrected chi connectivity index (χ1v) is 6.03. The number of benzene rings is 1. The van der Waals surface area contributed by atoms with Crippen LogP contribution in [-0.4, -0.2) is 45.2 Å². The number of amides is 2. The molecule has 0 unspecified atom stereocenters. The molecule has 4 N–H and O–H groups in total. The van der Waals surface area contributed by atoms with Crippen molar-refractivity contribution in [3.05, 3.63) is 35.4 Å². The summed E-state index contributed by atoms with van der Waals surface area (Å²) in [7, 11) is 1.63. The van der Waals surface area contributed by atoms with Crippen LogP contribution >= 0.6 is 12.4 Å². The average Bonchev–Trinajstić information content (AvgIpc) is 2.42. The maximum absolute atomic E-state index is 11.8. The Balaban J connectivity index is 0.00000361. The lowest BCUT2D eigenvalue weighted by Gasteiger charge is -2.07. The Kier molecular flexibility index (Phi) is 9.36. The normalized spacial score (nSPS) is 9.65. The van der Waals surface area contributed by atoms with E-state index in [1.807, 2.05) is 0 Å². The summed E-state index contributed by atoms with van der Waals surface area (Å²) in [6, 6.07) is 6.33. The van der Waals surface area contributed by atoms with E-state index in [-0.39, 0.29) is 18.3 Å². The number of nitrogens with two attached hydrogens (primary N) is 1. The summed E-state index contributed by atoms with van der Waals surface area (Å²) in [6.45, 7) is 2.53.